The zero-order chi connectivity index (χ0) is 22.3. The standard InChI is InChI=1S/C22H30N4O4/c1-19(2)9-20(3,12-24-15-28)11-22(10-19,26-17-30)21(13-25-16-29)6-4-5-18(7-21)8-23-14-27/h18H,4-13H2,1-3H3. The molecule has 0 aromatic heterocycles. The Morgan fingerprint density at radius 3 is 2.13 bits per heavy atom. The molecule has 8 heteroatoms. The third-order valence-electron chi connectivity index (χ3n) is 6.98. The zero-order valence-corrected chi connectivity index (χ0v) is 18.1. The van der Waals surface area contributed by atoms with Crippen molar-refractivity contribution in [3.05, 3.63) is 0 Å². The Bertz CT molecular complexity index is 832. The normalized spacial score (nSPS) is 35.0. The maximum absolute atomic E-state index is 11.7. The molecule has 2 aliphatic carbocycles. The lowest BCUT2D eigenvalue weighted by atomic mass is 9.47. The van der Waals surface area contributed by atoms with Crippen LogP contribution in [-0.2, 0) is 19.2 Å². The van der Waals surface area contributed by atoms with Crippen LogP contribution in [0.1, 0.15) is 65.7 Å². The van der Waals surface area contributed by atoms with E-state index in [4.69, 9.17) is 0 Å². The van der Waals surface area contributed by atoms with Crippen molar-refractivity contribution in [2.75, 3.05) is 19.6 Å². The Kier molecular flexibility index (Phi) is 7.58. The summed E-state index contributed by atoms with van der Waals surface area (Å²) in [6, 6.07) is 0. The van der Waals surface area contributed by atoms with E-state index in [1.807, 2.05) is 6.08 Å². The van der Waals surface area contributed by atoms with Gasteiger partial charge in [-0.1, -0.05) is 27.2 Å². The first kappa shape index (κ1) is 23.8. The number of nitrogens with zero attached hydrogens (tertiary/aromatic N) is 4. The minimum atomic E-state index is -0.812. The van der Waals surface area contributed by atoms with Crippen LogP contribution in [0.5, 0.6) is 0 Å². The van der Waals surface area contributed by atoms with E-state index in [9.17, 15) is 19.2 Å². The van der Waals surface area contributed by atoms with Crippen molar-refractivity contribution < 1.29 is 19.2 Å². The summed E-state index contributed by atoms with van der Waals surface area (Å²) >= 11 is 0. The van der Waals surface area contributed by atoms with E-state index in [1.54, 1.807) is 18.2 Å². The van der Waals surface area contributed by atoms with Crippen LogP contribution < -0.4 is 0 Å². The molecule has 2 saturated carbocycles. The molecule has 0 N–H and O–H groups in total. The zero-order valence-electron chi connectivity index (χ0n) is 18.1. The van der Waals surface area contributed by atoms with Crippen LogP contribution in [0.4, 0.5) is 0 Å². The third kappa shape index (κ3) is 5.16. The fourth-order valence-electron chi connectivity index (χ4n) is 6.54. The summed E-state index contributed by atoms with van der Waals surface area (Å²) < 4.78 is 0. The van der Waals surface area contributed by atoms with E-state index in [0.717, 1.165) is 25.7 Å². The molecule has 4 atom stereocenters. The summed E-state index contributed by atoms with van der Waals surface area (Å²) in [6.45, 7) is 7.15. The number of carbonyl (C=O) groups excluding carboxylic acids is 4. The van der Waals surface area contributed by atoms with Gasteiger partial charge in [-0.3, -0.25) is 0 Å². The Balaban J connectivity index is 2.62. The fourth-order valence-corrected chi connectivity index (χ4v) is 6.54. The molecule has 4 unspecified atom stereocenters. The van der Waals surface area contributed by atoms with Crippen molar-refractivity contribution >= 4 is 24.3 Å². The number of hydrogen-bond acceptors (Lipinski definition) is 8. The van der Waals surface area contributed by atoms with Crippen molar-refractivity contribution in [2.24, 2.45) is 42.1 Å². The predicted molar refractivity (Wildman–Crippen MR) is 110 cm³/mol. The van der Waals surface area contributed by atoms with E-state index in [2.05, 4.69) is 40.7 Å². The molecule has 0 aromatic rings. The van der Waals surface area contributed by atoms with Gasteiger partial charge in [0.2, 0.25) is 24.3 Å². The first-order valence-electron chi connectivity index (χ1n) is 10.4. The highest BCUT2D eigenvalue weighted by Gasteiger charge is 2.60. The average Bonchev–Trinajstić information content (AvgIpc) is 2.68. The summed E-state index contributed by atoms with van der Waals surface area (Å²) in [5.41, 5.74) is -1.93. The number of isocyanates is 4. The van der Waals surface area contributed by atoms with Crippen LogP contribution in [0.15, 0.2) is 20.0 Å². The molecule has 0 aromatic carbocycles. The van der Waals surface area contributed by atoms with Gasteiger partial charge in [0.25, 0.3) is 0 Å². The minimum Gasteiger partial charge on any atom is -0.211 e. The van der Waals surface area contributed by atoms with Crippen LogP contribution in [0.3, 0.4) is 0 Å². The van der Waals surface area contributed by atoms with Gasteiger partial charge in [-0.2, -0.15) is 4.99 Å². The second kappa shape index (κ2) is 9.55. The molecule has 0 radical (unpaired) electrons. The van der Waals surface area contributed by atoms with Gasteiger partial charge < -0.3 is 0 Å². The molecule has 0 amide bonds. The SMILES string of the molecule is CC1(C)CC(C)(CN=C=O)CC(N=C=O)(C2(CN=C=O)CCCC(CN=C=O)C2)C1. The summed E-state index contributed by atoms with van der Waals surface area (Å²) in [5, 5.41) is 0. The average molecular weight is 415 g/mol. The fraction of sp³-hybridized carbons (Fsp3) is 0.818. The van der Waals surface area contributed by atoms with Gasteiger partial charge in [0.15, 0.2) is 0 Å². The number of aliphatic imine (C=N–C) groups is 4. The van der Waals surface area contributed by atoms with E-state index >= 15 is 0 Å². The van der Waals surface area contributed by atoms with Gasteiger partial charge in [0, 0.05) is 5.41 Å². The molecular weight excluding hydrogens is 384 g/mol. The summed E-state index contributed by atoms with van der Waals surface area (Å²) in [7, 11) is 0. The molecule has 0 spiro atoms. The van der Waals surface area contributed by atoms with Crippen molar-refractivity contribution in [1.29, 1.82) is 0 Å². The molecule has 0 heterocycles. The molecule has 0 saturated heterocycles. The van der Waals surface area contributed by atoms with Crippen LogP contribution in [0, 0.1) is 22.2 Å². The molecular formula is C22H30N4O4. The lowest BCUT2D eigenvalue weighted by Crippen LogP contribution is -2.59. The predicted octanol–water partition coefficient (Wildman–Crippen LogP) is 3.46. The second-order valence-corrected chi connectivity index (χ2v) is 10.2. The molecule has 0 bridgehead atoms. The molecule has 0 aliphatic heterocycles. The maximum atomic E-state index is 11.7. The highest BCUT2D eigenvalue weighted by Crippen LogP contribution is 2.61. The lowest BCUT2D eigenvalue weighted by Gasteiger charge is -2.59. The van der Waals surface area contributed by atoms with Crippen LogP contribution in [-0.4, -0.2) is 49.5 Å². The van der Waals surface area contributed by atoms with Crippen molar-refractivity contribution in [2.45, 2.75) is 71.3 Å². The van der Waals surface area contributed by atoms with Gasteiger partial charge >= 0.3 is 0 Å². The quantitative estimate of drug-likeness (QED) is 0.446. The van der Waals surface area contributed by atoms with E-state index in [-0.39, 0.29) is 23.3 Å². The van der Waals surface area contributed by atoms with Gasteiger partial charge in [0.05, 0.1) is 25.2 Å². The first-order valence-corrected chi connectivity index (χ1v) is 10.4. The molecule has 2 fully saturated rings. The van der Waals surface area contributed by atoms with Gasteiger partial charge in [-0.05, 0) is 55.3 Å². The van der Waals surface area contributed by atoms with E-state index in [0.29, 0.717) is 32.4 Å². The van der Waals surface area contributed by atoms with Crippen LogP contribution in [0.2, 0.25) is 0 Å². The van der Waals surface area contributed by atoms with Gasteiger partial charge in [-0.25, -0.2) is 34.2 Å². The summed E-state index contributed by atoms with van der Waals surface area (Å²) in [4.78, 5) is 60.2. The van der Waals surface area contributed by atoms with Crippen LogP contribution in [0.25, 0.3) is 0 Å². The summed E-state index contributed by atoms with van der Waals surface area (Å²) in [6.07, 6.45) is 11.8. The Morgan fingerprint density at radius 2 is 1.50 bits per heavy atom. The molecule has 2 aliphatic rings. The lowest BCUT2D eigenvalue weighted by molar-refractivity contribution is -0.0525. The Labute approximate surface area is 177 Å². The Morgan fingerprint density at radius 1 is 0.833 bits per heavy atom. The van der Waals surface area contributed by atoms with Crippen molar-refractivity contribution in [1.82, 2.24) is 0 Å². The Hall–Kier alpha value is -2.48. The van der Waals surface area contributed by atoms with E-state index in [1.165, 1.54) is 0 Å². The van der Waals surface area contributed by atoms with E-state index < -0.39 is 11.0 Å². The monoisotopic (exact) mass is 414 g/mol. The molecule has 8 nitrogen and oxygen atoms in total. The smallest absolute Gasteiger partial charge is 0.211 e. The molecule has 162 valence electrons. The number of rotatable bonds is 8. The van der Waals surface area contributed by atoms with Crippen molar-refractivity contribution in [3.63, 3.8) is 0 Å². The van der Waals surface area contributed by atoms with Gasteiger partial charge in [0.1, 0.15) is 0 Å². The minimum absolute atomic E-state index is 0.116. The second-order valence-electron chi connectivity index (χ2n) is 10.2. The third-order valence-corrected chi connectivity index (χ3v) is 6.98. The molecule has 2 rings (SSSR count). The highest BCUT2D eigenvalue weighted by atomic mass is 16.1. The topological polar surface area (TPSA) is 118 Å². The first-order chi connectivity index (χ1) is 14.2. The summed E-state index contributed by atoms with van der Waals surface area (Å²) in [5.74, 6) is 0.116. The largest absolute Gasteiger partial charge is 0.235 e. The van der Waals surface area contributed by atoms with Gasteiger partial charge in [-0.15, -0.1) is 0 Å². The molecule has 30 heavy (non-hydrogen) atoms. The number of hydrogen-bond donors (Lipinski definition) is 0. The maximum Gasteiger partial charge on any atom is 0.235 e. The highest BCUT2D eigenvalue weighted by molar-refractivity contribution is 5.38. The van der Waals surface area contributed by atoms with Crippen molar-refractivity contribution in [3.8, 4) is 0 Å². The van der Waals surface area contributed by atoms with Crippen LogP contribution >= 0.6 is 0 Å².